The van der Waals surface area contributed by atoms with Gasteiger partial charge in [-0.3, -0.25) is 14.3 Å². The molecule has 3 aliphatic heterocycles. The van der Waals surface area contributed by atoms with E-state index in [1.54, 1.807) is 15.5 Å². The molecule has 12 heteroatoms. The average molecular weight is 586 g/mol. The molecule has 0 spiro atoms. The van der Waals surface area contributed by atoms with Crippen molar-refractivity contribution in [2.75, 3.05) is 57.9 Å². The fourth-order valence-corrected chi connectivity index (χ4v) is 6.21. The zero-order valence-corrected chi connectivity index (χ0v) is 23.5. The van der Waals surface area contributed by atoms with Gasteiger partial charge in [0.1, 0.15) is 24.1 Å². The van der Waals surface area contributed by atoms with Crippen molar-refractivity contribution in [2.24, 2.45) is 0 Å². The molecule has 0 radical (unpaired) electrons. The number of amides is 1. The van der Waals surface area contributed by atoms with E-state index >= 15 is 4.39 Å². The van der Waals surface area contributed by atoms with Crippen molar-refractivity contribution >= 4 is 34.2 Å². The van der Waals surface area contributed by atoms with Crippen LogP contribution in [0.15, 0.2) is 41.7 Å². The third kappa shape index (κ3) is 4.75. The first-order valence-electron chi connectivity index (χ1n) is 13.5. The predicted octanol–water partition coefficient (Wildman–Crippen LogP) is 3.48. The number of halogens is 3. The van der Waals surface area contributed by atoms with Crippen molar-refractivity contribution in [3.05, 3.63) is 64.1 Å². The number of likely N-dealkylation sites (N-methyl/N-ethyl adjacent to an activating group) is 1. The lowest BCUT2D eigenvalue weighted by molar-refractivity contribution is -0.126. The number of rotatable bonds is 6. The molecule has 41 heavy (non-hydrogen) atoms. The monoisotopic (exact) mass is 585 g/mol. The number of carbonyl (C=O) groups excluding carboxylic acids is 1. The van der Waals surface area contributed by atoms with Crippen molar-refractivity contribution in [3.63, 3.8) is 0 Å². The van der Waals surface area contributed by atoms with Gasteiger partial charge in [-0.2, -0.15) is 4.98 Å². The molecule has 2 saturated heterocycles. The average Bonchev–Trinajstić information content (AvgIpc) is 2.90. The lowest BCUT2D eigenvalue weighted by Gasteiger charge is -2.41. The molecule has 4 heterocycles. The van der Waals surface area contributed by atoms with Crippen LogP contribution >= 0.6 is 11.6 Å². The fraction of sp³-hybridized carbons (Fsp3) is 0.414. The molecule has 1 amide bonds. The Morgan fingerprint density at radius 3 is 2.68 bits per heavy atom. The van der Waals surface area contributed by atoms with E-state index in [0.29, 0.717) is 56.1 Å². The van der Waals surface area contributed by atoms with Gasteiger partial charge < -0.3 is 19.3 Å². The fourth-order valence-electron chi connectivity index (χ4n) is 5.92. The summed E-state index contributed by atoms with van der Waals surface area (Å²) >= 11 is 6.81. The van der Waals surface area contributed by atoms with E-state index in [-0.39, 0.29) is 52.5 Å². The Hall–Kier alpha value is -3.54. The maximum absolute atomic E-state index is 15.1. The van der Waals surface area contributed by atoms with Gasteiger partial charge in [-0.1, -0.05) is 18.2 Å². The highest BCUT2D eigenvalue weighted by atomic mass is 35.5. The number of hydrogen-bond acceptors (Lipinski definition) is 7. The lowest BCUT2D eigenvalue weighted by Crippen LogP contribution is -2.54. The second kappa shape index (κ2) is 10.7. The van der Waals surface area contributed by atoms with E-state index in [2.05, 4.69) is 16.5 Å². The lowest BCUT2D eigenvalue weighted by atomic mass is 9.99. The molecule has 216 valence electrons. The molecule has 3 aromatic rings. The highest BCUT2D eigenvalue weighted by molar-refractivity contribution is 6.35. The molecule has 9 nitrogen and oxygen atoms in total. The van der Waals surface area contributed by atoms with E-state index in [1.165, 1.54) is 12.1 Å². The minimum atomic E-state index is -0.794. The van der Waals surface area contributed by atoms with Crippen LogP contribution in [-0.2, 0) is 9.53 Å². The Kier molecular flexibility index (Phi) is 7.21. The highest BCUT2D eigenvalue weighted by Gasteiger charge is 2.35. The third-order valence-corrected chi connectivity index (χ3v) is 8.51. The van der Waals surface area contributed by atoms with Gasteiger partial charge in [0.2, 0.25) is 5.91 Å². The summed E-state index contributed by atoms with van der Waals surface area (Å²) in [5.74, 6) is -1.01. The largest absolute Gasteiger partial charge is 0.488 e. The number of ether oxygens (including phenoxy) is 2. The van der Waals surface area contributed by atoms with E-state index in [1.807, 2.05) is 18.9 Å². The van der Waals surface area contributed by atoms with Crippen molar-refractivity contribution in [3.8, 4) is 16.9 Å². The summed E-state index contributed by atoms with van der Waals surface area (Å²) in [4.78, 5) is 36.4. The first-order chi connectivity index (χ1) is 19.7. The Labute approximate surface area is 240 Å². The van der Waals surface area contributed by atoms with Crippen LogP contribution in [0.1, 0.15) is 13.0 Å². The van der Waals surface area contributed by atoms with Crippen LogP contribution in [-0.4, -0.2) is 90.4 Å². The Morgan fingerprint density at radius 2 is 2.02 bits per heavy atom. The van der Waals surface area contributed by atoms with Crippen LogP contribution in [0.25, 0.3) is 22.0 Å². The summed E-state index contributed by atoms with van der Waals surface area (Å²) in [6.45, 7) is 8.68. The topological polar surface area (TPSA) is 80.1 Å². The van der Waals surface area contributed by atoms with Gasteiger partial charge in [-0.15, -0.1) is 0 Å². The second-order valence-electron chi connectivity index (χ2n) is 10.8. The van der Waals surface area contributed by atoms with Crippen molar-refractivity contribution in [2.45, 2.75) is 25.0 Å². The summed E-state index contributed by atoms with van der Waals surface area (Å²) in [6.07, 6.45) is 1.29. The maximum atomic E-state index is 15.1. The maximum Gasteiger partial charge on any atom is 0.350 e. The normalized spacial score (nSPS) is 20.7. The Morgan fingerprint density at radius 1 is 1.24 bits per heavy atom. The first-order valence-corrected chi connectivity index (χ1v) is 13.9. The Bertz CT molecular complexity index is 1610. The number of hydrogen-bond donors (Lipinski definition) is 0. The molecule has 1 unspecified atom stereocenters. The van der Waals surface area contributed by atoms with Crippen molar-refractivity contribution in [1.29, 1.82) is 0 Å². The van der Waals surface area contributed by atoms with E-state index < -0.39 is 17.3 Å². The van der Waals surface area contributed by atoms with Crippen molar-refractivity contribution in [1.82, 2.24) is 19.4 Å². The summed E-state index contributed by atoms with van der Waals surface area (Å²) in [6, 6.07) is 4.62. The Balaban J connectivity index is 1.53. The minimum Gasteiger partial charge on any atom is -0.488 e. The van der Waals surface area contributed by atoms with Crippen LogP contribution in [0.5, 0.6) is 5.75 Å². The summed E-state index contributed by atoms with van der Waals surface area (Å²) < 4.78 is 42.1. The zero-order chi connectivity index (χ0) is 29.0. The van der Waals surface area contributed by atoms with Gasteiger partial charge in [0, 0.05) is 54.8 Å². The third-order valence-electron chi connectivity index (χ3n) is 8.21. The molecular weight excluding hydrogens is 556 g/mol. The molecule has 0 N–H and O–H groups in total. The van der Waals surface area contributed by atoms with E-state index in [9.17, 15) is 14.0 Å². The summed E-state index contributed by atoms with van der Waals surface area (Å²) in [5, 5.41) is 0.757. The smallest absolute Gasteiger partial charge is 0.350 e. The van der Waals surface area contributed by atoms with Gasteiger partial charge >= 0.3 is 5.69 Å². The number of benzene rings is 2. The molecule has 2 atom stereocenters. The molecule has 3 aliphatic rings. The second-order valence-corrected chi connectivity index (χ2v) is 11.2. The minimum absolute atomic E-state index is 0.0674. The molecule has 1 aromatic heterocycles. The van der Waals surface area contributed by atoms with Crippen LogP contribution in [0, 0.1) is 11.6 Å². The summed E-state index contributed by atoms with van der Waals surface area (Å²) in [5.41, 5.74) is 0.299. The SMILES string of the molecule is C=CC(=O)N1CCN(c2nc(=O)n3c4c(c(-c5ccc(F)cc5F)c(Cl)cc24)OCC3CN(C)C2COC2)[C@@H](C)C1. The highest BCUT2D eigenvalue weighted by Crippen LogP contribution is 2.47. The van der Waals surface area contributed by atoms with Gasteiger partial charge in [-0.25, -0.2) is 13.6 Å². The van der Waals surface area contributed by atoms with Gasteiger partial charge in [0.05, 0.1) is 35.8 Å². The van der Waals surface area contributed by atoms with Crippen LogP contribution in [0.4, 0.5) is 14.6 Å². The number of piperazine rings is 1. The predicted molar refractivity (Wildman–Crippen MR) is 152 cm³/mol. The number of carbonyl (C=O) groups is 1. The molecule has 0 bridgehead atoms. The number of nitrogens with zero attached hydrogens (tertiary/aromatic N) is 5. The van der Waals surface area contributed by atoms with Crippen LogP contribution in [0.2, 0.25) is 5.02 Å². The molecular formula is C29H30ClF2N5O4. The molecule has 2 fully saturated rings. The quantitative estimate of drug-likeness (QED) is 0.410. The zero-order valence-electron chi connectivity index (χ0n) is 22.8. The molecule has 0 aliphatic carbocycles. The molecule has 6 rings (SSSR count). The standard InChI is InChI=1S/C29H30ClF2N5O4/c1-4-24(38)35-7-8-36(16(2)11-35)28-21-10-22(30)25(20-6-5-17(31)9-23(20)32)27-26(21)37(29(39)33-28)18(15-41-27)12-34(3)19-13-40-14-19/h4-6,9-10,16,18-19H,1,7-8,11-15H2,2-3H3/t16-,18?/m0/s1. The van der Waals surface area contributed by atoms with Gasteiger partial charge in [-0.05, 0) is 38.2 Å². The van der Waals surface area contributed by atoms with E-state index in [4.69, 9.17) is 21.1 Å². The summed E-state index contributed by atoms with van der Waals surface area (Å²) in [7, 11) is 1.97. The van der Waals surface area contributed by atoms with Crippen molar-refractivity contribution < 1.29 is 23.0 Å². The van der Waals surface area contributed by atoms with Gasteiger partial charge in [0.25, 0.3) is 0 Å². The van der Waals surface area contributed by atoms with E-state index in [0.717, 1.165) is 12.1 Å². The first kappa shape index (κ1) is 27.6. The van der Waals surface area contributed by atoms with Crippen LogP contribution in [0.3, 0.4) is 0 Å². The molecule has 2 aromatic carbocycles. The van der Waals surface area contributed by atoms with Gasteiger partial charge in [0.15, 0.2) is 5.75 Å². The van der Waals surface area contributed by atoms with Crippen LogP contribution < -0.4 is 15.3 Å². The number of aromatic nitrogens is 2. The number of anilines is 1. The molecule has 0 saturated carbocycles.